The first-order chi connectivity index (χ1) is 13.9. The number of benzene rings is 2. The summed E-state index contributed by atoms with van der Waals surface area (Å²) in [7, 11) is 0. The van der Waals surface area contributed by atoms with E-state index in [9.17, 15) is 14.4 Å². The third kappa shape index (κ3) is 5.47. The molecule has 1 aliphatic rings. The first kappa shape index (κ1) is 20.2. The van der Waals surface area contributed by atoms with Crippen LogP contribution in [0.5, 0.6) is 11.5 Å². The molecule has 2 aromatic rings. The molecular weight excluding hydrogens is 376 g/mol. The lowest BCUT2D eigenvalue weighted by Crippen LogP contribution is -2.38. The standard InChI is InChI=1S/C21H22N2O6/c1-13-4-3-5-16(8-13)21(26)23-11-19(24)29-14(2)20(25)22-10-15-6-7-17-18(9-15)28-12-27-17/h3-9,14H,10-12H2,1-2H3,(H,22,25)(H,23,26)/t14-/m1/s1. The second-order valence-corrected chi connectivity index (χ2v) is 6.59. The minimum atomic E-state index is -0.993. The lowest BCUT2D eigenvalue weighted by Gasteiger charge is -2.14. The van der Waals surface area contributed by atoms with E-state index in [0.29, 0.717) is 17.1 Å². The molecule has 0 fully saturated rings. The molecule has 8 nitrogen and oxygen atoms in total. The molecule has 0 saturated carbocycles. The van der Waals surface area contributed by atoms with E-state index < -0.39 is 18.0 Å². The minimum Gasteiger partial charge on any atom is -0.454 e. The number of hydrogen-bond donors (Lipinski definition) is 2. The summed E-state index contributed by atoms with van der Waals surface area (Å²) in [4.78, 5) is 36.1. The van der Waals surface area contributed by atoms with Crippen LogP contribution in [-0.2, 0) is 20.9 Å². The third-order valence-corrected chi connectivity index (χ3v) is 4.25. The first-order valence-corrected chi connectivity index (χ1v) is 9.13. The van der Waals surface area contributed by atoms with Crippen LogP contribution in [0.25, 0.3) is 0 Å². The molecule has 0 bridgehead atoms. The average Bonchev–Trinajstić information content (AvgIpc) is 3.18. The number of amides is 2. The predicted octanol–water partition coefficient (Wildman–Crippen LogP) is 1.70. The number of ether oxygens (including phenoxy) is 3. The van der Waals surface area contributed by atoms with Crippen LogP contribution < -0.4 is 20.1 Å². The Morgan fingerprint density at radius 3 is 2.66 bits per heavy atom. The van der Waals surface area contributed by atoms with E-state index in [-0.39, 0.29) is 25.8 Å². The van der Waals surface area contributed by atoms with E-state index in [1.54, 1.807) is 30.3 Å². The van der Waals surface area contributed by atoms with Gasteiger partial charge in [0.05, 0.1) is 0 Å². The number of carbonyl (C=O) groups excluding carboxylic acids is 3. The van der Waals surface area contributed by atoms with E-state index in [1.165, 1.54) is 6.92 Å². The summed E-state index contributed by atoms with van der Waals surface area (Å²) in [5.41, 5.74) is 2.21. The largest absolute Gasteiger partial charge is 0.454 e. The van der Waals surface area contributed by atoms with Crippen LogP contribution in [0.15, 0.2) is 42.5 Å². The van der Waals surface area contributed by atoms with Gasteiger partial charge < -0.3 is 24.8 Å². The van der Waals surface area contributed by atoms with E-state index in [4.69, 9.17) is 14.2 Å². The van der Waals surface area contributed by atoms with Crippen molar-refractivity contribution in [2.24, 2.45) is 0 Å². The summed E-state index contributed by atoms with van der Waals surface area (Å²) < 4.78 is 15.6. The molecule has 1 aliphatic heterocycles. The van der Waals surface area contributed by atoms with Crippen molar-refractivity contribution in [1.82, 2.24) is 10.6 Å². The van der Waals surface area contributed by atoms with Crippen LogP contribution in [0.2, 0.25) is 0 Å². The number of carbonyl (C=O) groups is 3. The molecule has 29 heavy (non-hydrogen) atoms. The van der Waals surface area contributed by atoms with E-state index in [1.807, 2.05) is 19.1 Å². The van der Waals surface area contributed by atoms with Crippen LogP contribution in [0.3, 0.4) is 0 Å². The van der Waals surface area contributed by atoms with E-state index in [0.717, 1.165) is 11.1 Å². The molecule has 152 valence electrons. The van der Waals surface area contributed by atoms with Crippen LogP contribution >= 0.6 is 0 Å². The highest BCUT2D eigenvalue weighted by Crippen LogP contribution is 2.32. The predicted molar refractivity (Wildman–Crippen MR) is 103 cm³/mol. The fraction of sp³-hybridized carbons (Fsp3) is 0.286. The van der Waals surface area contributed by atoms with Crippen molar-refractivity contribution in [3.63, 3.8) is 0 Å². The topological polar surface area (TPSA) is 103 Å². The Bertz CT molecular complexity index is 927. The number of nitrogens with one attached hydrogen (secondary N) is 2. The van der Waals surface area contributed by atoms with Crippen LogP contribution in [-0.4, -0.2) is 37.2 Å². The quantitative estimate of drug-likeness (QED) is 0.688. The van der Waals surface area contributed by atoms with Crippen LogP contribution in [0, 0.1) is 6.92 Å². The molecule has 2 N–H and O–H groups in total. The molecule has 8 heteroatoms. The Hall–Kier alpha value is -3.55. The van der Waals surface area contributed by atoms with Gasteiger partial charge in [-0.25, -0.2) is 0 Å². The summed E-state index contributed by atoms with van der Waals surface area (Å²) in [6.07, 6.45) is -0.993. The Kier molecular flexibility index (Phi) is 6.33. The van der Waals surface area contributed by atoms with Crippen LogP contribution in [0.1, 0.15) is 28.4 Å². The van der Waals surface area contributed by atoms with Gasteiger partial charge in [0.25, 0.3) is 11.8 Å². The number of esters is 1. The Labute approximate surface area is 168 Å². The summed E-state index contributed by atoms with van der Waals surface area (Å²) in [6, 6.07) is 12.4. The Morgan fingerprint density at radius 1 is 1.07 bits per heavy atom. The lowest BCUT2D eigenvalue weighted by molar-refractivity contribution is -0.153. The van der Waals surface area contributed by atoms with Crippen molar-refractivity contribution in [1.29, 1.82) is 0 Å². The second-order valence-electron chi connectivity index (χ2n) is 6.59. The van der Waals surface area contributed by atoms with Gasteiger partial charge in [-0.3, -0.25) is 14.4 Å². The van der Waals surface area contributed by atoms with Crippen molar-refractivity contribution in [3.05, 3.63) is 59.2 Å². The normalized spacial score (nSPS) is 12.8. The molecule has 0 saturated heterocycles. The van der Waals surface area contributed by atoms with E-state index in [2.05, 4.69) is 10.6 Å². The van der Waals surface area contributed by atoms with Gasteiger partial charge in [0.2, 0.25) is 6.79 Å². The molecule has 0 radical (unpaired) electrons. The first-order valence-electron chi connectivity index (χ1n) is 9.13. The SMILES string of the molecule is Cc1cccc(C(=O)NCC(=O)O[C@H](C)C(=O)NCc2ccc3c(c2)OCO3)c1. The molecule has 0 spiro atoms. The maximum Gasteiger partial charge on any atom is 0.326 e. The lowest BCUT2D eigenvalue weighted by atomic mass is 10.1. The fourth-order valence-electron chi connectivity index (χ4n) is 2.72. The molecule has 2 aromatic carbocycles. The molecule has 1 heterocycles. The van der Waals surface area contributed by atoms with E-state index >= 15 is 0 Å². The third-order valence-electron chi connectivity index (χ3n) is 4.25. The molecule has 1 atom stereocenters. The van der Waals surface area contributed by atoms with Gasteiger partial charge in [-0.15, -0.1) is 0 Å². The molecule has 3 rings (SSSR count). The van der Waals surface area contributed by atoms with Crippen molar-refractivity contribution in [2.75, 3.05) is 13.3 Å². The fourth-order valence-corrected chi connectivity index (χ4v) is 2.72. The van der Waals surface area contributed by atoms with Gasteiger partial charge in [-0.1, -0.05) is 23.8 Å². The van der Waals surface area contributed by atoms with Gasteiger partial charge in [-0.2, -0.15) is 0 Å². The summed E-state index contributed by atoms with van der Waals surface area (Å²) in [5.74, 6) is -0.237. The Balaban J connectivity index is 1.41. The zero-order chi connectivity index (χ0) is 20.8. The zero-order valence-corrected chi connectivity index (χ0v) is 16.2. The summed E-state index contributed by atoms with van der Waals surface area (Å²) in [5, 5.41) is 5.17. The van der Waals surface area contributed by atoms with Gasteiger partial charge in [0.1, 0.15) is 6.54 Å². The van der Waals surface area contributed by atoms with Crippen molar-refractivity contribution < 1.29 is 28.6 Å². The zero-order valence-electron chi connectivity index (χ0n) is 16.2. The summed E-state index contributed by atoms with van der Waals surface area (Å²) in [6.45, 7) is 3.44. The van der Waals surface area contributed by atoms with Crippen molar-refractivity contribution >= 4 is 17.8 Å². The molecule has 0 aromatic heterocycles. The van der Waals surface area contributed by atoms with Gasteiger partial charge in [0, 0.05) is 12.1 Å². The maximum atomic E-state index is 12.2. The van der Waals surface area contributed by atoms with Crippen molar-refractivity contribution in [3.8, 4) is 11.5 Å². The van der Waals surface area contributed by atoms with Crippen molar-refractivity contribution in [2.45, 2.75) is 26.5 Å². The molecular formula is C21H22N2O6. The smallest absolute Gasteiger partial charge is 0.326 e. The highest BCUT2D eigenvalue weighted by atomic mass is 16.7. The Morgan fingerprint density at radius 2 is 1.86 bits per heavy atom. The average molecular weight is 398 g/mol. The number of fused-ring (bicyclic) bond motifs is 1. The molecule has 0 aliphatic carbocycles. The highest BCUT2D eigenvalue weighted by Gasteiger charge is 2.19. The number of hydrogen-bond acceptors (Lipinski definition) is 6. The van der Waals surface area contributed by atoms with Gasteiger partial charge in [0.15, 0.2) is 17.6 Å². The van der Waals surface area contributed by atoms with Gasteiger partial charge >= 0.3 is 5.97 Å². The molecule has 2 amide bonds. The number of aryl methyl sites for hydroxylation is 1. The van der Waals surface area contributed by atoms with Crippen LogP contribution in [0.4, 0.5) is 0 Å². The molecule has 0 unspecified atom stereocenters. The number of rotatable bonds is 7. The second kappa shape index (κ2) is 9.09. The summed E-state index contributed by atoms with van der Waals surface area (Å²) >= 11 is 0. The maximum absolute atomic E-state index is 12.2. The van der Waals surface area contributed by atoms with Gasteiger partial charge in [-0.05, 0) is 43.7 Å². The monoisotopic (exact) mass is 398 g/mol. The highest BCUT2D eigenvalue weighted by molar-refractivity contribution is 5.96. The minimum absolute atomic E-state index is 0.179.